The summed E-state index contributed by atoms with van der Waals surface area (Å²) in [5, 5.41) is 15.3. The number of rotatable bonds is 4. The molecule has 0 aliphatic carbocycles. The monoisotopic (exact) mass is 295 g/mol. The van der Waals surface area contributed by atoms with Crippen molar-refractivity contribution < 1.29 is 0 Å². The van der Waals surface area contributed by atoms with Crippen molar-refractivity contribution in [3.63, 3.8) is 0 Å². The highest BCUT2D eigenvalue weighted by Crippen LogP contribution is 2.18. The summed E-state index contributed by atoms with van der Waals surface area (Å²) in [5.41, 5.74) is 1.21. The summed E-state index contributed by atoms with van der Waals surface area (Å²) in [6.07, 6.45) is 0.728. The van der Waals surface area contributed by atoms with E-state index >= 15 is 0 Å². The number of aromatic nitrogens is 4. The molecular formula is C11H14BrN5. The fourth-order valence-corrected chi connectivity index (χ4v) is 1.93. The fraction of sp³-hybridized carbons (Fsp3) is 0.364. The van der Waals surface area contributed by atoms with Crippen molar-refractivity contribution in [3.8, 4) is 0 Å². The van der Waals surface area contributed by atoms with E-state index in [-0.39, 0.29) is 6.04 Å². The molecule has 5 nitrogen and oxygen atoms in total. The van der Waals surface area contributed by atoms with E-state index in [0.29, 0.717) is 0 Å². The molecule has 1 aromatic carbocycles. The minimum Gasteiger partial charge on any atom is -0.313 e. The van der Waals surface area contributed by atoms with E-state index in [4.69, 9.17) is 0 Å². The molecule has 1 unspecified atom stereocenters. The number of nitrogens with zero attached hydrogens (tertiary/aromatic N) is 4. The zero-order valence-corrected chi connectivity index (χ0v) is 11.3. The molecule has 0 radical (unpaired) electrons. The molecule has 1 aromatic heterocycles. The SMILES string of the molecule is CNC(Cc1nnn(C)n1)c1ccc(Br)cc1. The predicted octanol–water partition coefficient (Wildman–Crippen LogP) is 1.48. The van der Waals surface area contributed by atoms with E-state index in [1.54, 1.807) is 7.05 Å². The van der Waals surface area contributed by atoms with Gasteiger partial charge in [-0.15, -0.1) is 10.2 Å². The van der Waals surface area contributed by atoms with Crippen LogP contribution in [0.5, 0.6) is 0 Å². The van der Waals surface area contributed by atoms with Gasteiger partial charge in [0, 0.05) is 16.9 Å². The van der Waals surface area contributed by atoms with Crippen LogP contribution in [0.15, 0.2) is 28.7 Å². The van der Waals surface area contributed by atoms with Crippen molar-refractivity contribution in [2.45, 2.75) is 12.5 Å². The first-order valence-electron chi connectivity index (χ1n) is 5.34. The highest BCUT2D eigenvalue weighted by molar-refractivity contribution is 9.10. The number of halogens is 1. The Morgan fingerprint density at radius 1 is 1.35 bits per heavy atom. The Kier molecular flexibility index (Phi) is 3.86. The molecule has 0 aliphatic heterocycles. The zero-order valence-electron chi connectivity index (χ0n) is 9.76. The van der Waals surface area contributed by atoms with Gasteiger partial charge in [0.1, 0.15) is 0 Å². The van der Waals surface area contributed by atoms with E-state index < -0.39 is 0 Å². The van der Waals surface area contributed by atoms with Crippen LogP contribution in [0.2, 0.25) is 0 Å². The van der Waals surface area contributed by atoms with Crippen LogP contribution < -0.4 is 5.32 Å². The van der Waals surface area contributed by atoms with E-state index in [1.165, 1.54) is 10.4 Å². The summed E-state index contributed by atoms with van der Waals surface area (Å²) in [5.74, 6) is 0.745. The van der Waals surface area contributed by atoms with Gasteiger partial charge in [0.15, 0.2) is 5.82 Å². The van der Waals surface area contributed by atoms with Crippen molar-refractivity contribution >= 4 is 15.9 Å². The van der Waals surface area contributed by atoms with Gasteiger partial charge in [-0.3, -0.25) is 0 Å². The Morgan fingerprint density at radius 2 is 2.06 bits per heavy atom. The van der Waals surface area contributed by atoms with Crippen LogP contribution in [0.25, 0.3) is 0 Å². The normalized spacial score (nSPS) is 12.6. The van der Waals surface area contributed by atoms with Gasteiger partial charge in [0.05, 0.1) is 7.05 Å². The van der Waals surface area contributed by atoms with Crippen molar-refractivity contribution in [2.75, 3.05) is 7.05 Å². The average Bonchev–Trinajstić information content (AvgIpc) is 2.73. The molecule has 0 fully saturated rings. The molecule has 0 spiro atoms. The molecule has 0 saturated heterocycles. The van der Waals surface area contributed by atoms with Crippen molar-refractivity contribution in [1.82, 2.24) is 25.5 Å². The molecule has 17 heavy (non-hydrogen) atoms. The van der Waals surface area contributed by atoms with Gasteiger partial charge in [-0.2, -0.15) is 4.80 Å². The van der Waals surface area contributed by atoms with Crippen LogP contribution >= 0.6 is 15.9 Å². The maximum absolute atomic E-state index is 4.19. The number of benzene rings is 1. The first kappa shape index (κ1) is 12.2. The second-order valence-electron chi connectivity index (χ2n) is 3.79. The minimum atomic E-state index is 0.201. The minimum absolute atomic E-state index is 0.201. The molecule has 2 rings (SSSR count). The van der Waals surface area contributed by atoms with Crippen molar-refractivity contribution in [3.05, 3.63) is 40.1 Å². The Bertz CT molecular complexity index is 479. The fourth-order valence-electron chi connectivity index (χ4n) is 1.67. The molecule has 1 N–H and O–H groups in total. The lowest BCUT2D eigenvalue weighted by Gasteiger charge is -2.14. The molecule has 1 heterocycles. The third-order valence-corrected chi connectivity index (χ3v) is 3.09. The predicted molar refractivity (Wildman–Crippen MR) is 68.4 cm³/mol. The van der Waals surface area contributed by atoms with Gasteiger partial charge in [-0.25, -0.2) is 0 Å². The van der Waals surface area contributed by atoms with Gasteiger partial charge in [-0.1, -0.05) is 28.1 Å². The molecule has 0 amide bonds. The average molecular weight is 296 g/mol. The molecule has 0 bridgehead atoms. The summed E-state index contributed by atoms with van der Waals surface area (Å²) >= 11 is 3.43. The maximum atomic E-state index is 4.19. The summed E-state index contributed by atoms with van der Waals surface area (Å²) in [6, 6.07) is 8.43. The quantitative estimate of drug-likeness (QED) is 0.928. The Morgan fingerprint density at radius 3 is 2.59 bits per heavy atom. The molecule has 6 heteroatoms. The zero-order chi connectivity index (χ0) is 12.3. The van der Waals surface area contributed by atoms with Gasteiger partial charge >= 0.3 is 0 Å². The lowest BCUT2D eigenvalue weighted by molar-refractivity contribution is 0.570. The van der Waals surface area contributed by atoms with Crippen LogP contribution in [-0.4, -0.2) is 27.3 Å². The van der Waals surface area contributed by atoms with Crippen LogP contribution in [0, 0.1) is 0 Å². The van der Waals surface area contributed by atoms with Gasteiger partial charge in [0.25, 0.3) is 0 Å². The van der Waals surface area contributed by atoms with E-state index in [1.807, 2.05) is 19.2 Å². The molecule has 0 aliphatic rings. The van der Waals surface area contributed by atoms with Crippen LogP contribution in [-0.2, 0) is 13.5 Å². The highest BCUT2D eigenvalue weighted by atomic mass is 79.9. The highest BCUT2D eigenvalue weighted by Gasteiger charge is 2.13. The van der Waals surface area contributed by atoms with Crippen LogP contribution in [0.3, 0.4) is 0 Å². The van der Waals surface area contributed by atoms with E-state index in [9.17, 15) is 0 Å². The Hall–Kier alpha value is -1.27. The summed E-state index contributed by atoms with van der Waals surface area (Å²) in [6.45, 7) is 0. The summed E-state index contributed by atoms with van der Waals surface area (Å²) < 4.78 is 1.08. The molecule has 0 saturated carbocycles. The van der Waals surface area contributed by atoms with Crippen LogP contribution in [0.1, 0.15) is 17.4 Å². The van der Waals surface area contributed by atoms with Gasteiger partial charge in [-0.05, 0) is 30.0 Å². The van der Waals surface area contributed by atoms with E-state index in [2.05, 4.69) is 48.8 Å². The number of likely N-dealkylation sites (N-methyl/N-ethyl adjacent to an activating group) is 1. The Labute approximate surface area is 108 Å². The number of nitrogens with one attached hydrogen (secondary N) is 1. The third-order valence-electron chi connectivity index (χ3n) is 2.56. The number of tetrazole rings is 1. The van der Waals surface area contributed by atoms with Crippen molar-refractivity contribution in [1.29, 1.82) is 0 Å². The first-order chi connectivity index (χ1) is 8.19. The molecule has 90 valence electrons. The largest absolute Gasteiger partial charge is 0.313 e. The molecule has 1 atom stereocenters. The van der Waals surface area contributed by atoms with Crippen molar-refractivity contribution in [2.24, 2.45) is 7.05 Å². The van der Waals surface area contributed by atoms with Gasteiger partial charge in [0.2, 0.25) is 0 Å². The molecular weight excluding hydrogens is 282 g/mol. The van der Waals surface area contributed by atoms with E-state index in [0.717, 1.165) is 16.7 Å². The molecule has 2 aromatic rings. The van der Waals surface area contributed by atoms with Crippen LogP contribution in [0.4, 0.5) is 0 Å². The van der Waals surface area contributed by atoms with Gasteiger partial charge < -0.3 is 5.32 Å². The lowest BCUT2D eigenvalue weighted by Crippen LogP contribution is -2.19. The number of aryl methyl sites for hydroxylation is 1. The lowest BCUT2D eigenvalue weighted by atomic mass is 10.0. The maximum Gasteiger partial charge on any atom is 0.176 e. The number of hydrogen-bond donors (Lipinski definition) is 1. The second-order valence-corrected chi connectivity index (χ2v) is 4.71. The standard InChI is InChI=1S/C11H14BrN5/c1-13-10(7-11-14-16-17(2)15-11)8-3-5-9(12)6-4-8/h3-6,10,13H,7H2,1-2H3. The number of hydrogen-bond acceptors (Lipinski definition) is 4. The smallest absolute Gasteiger partial charge is 0.176 e. The topological polar surface area (TPSA) is 55.6 Å². The second kappa shape index (κ2) is 5.37. The first-order valence-corrected chi connectivity index (χ1v) is 6.14. The Balaban J connectivity index is 2.13. The third kappa shape index (κ3) is 3.10. The summed E-state index contributed by atoms with van der Waals surface area (Å²) in [4.78, 5) is 1.48. The summed E-state index contributed by atoms with van der Waals surface area (Å²) in [7, 11) is 3.70.